The third-order valence-electron chi connectivity index (χ3n) is 1.78. The maximum atomic E-state index is 4.22. The lowest BCUT2D eigenvalue weighted by atomic mass is 10.3. The van der Waals surface area contributed by atoms with Crippen molar-refractivity contribution in [2.24, 2.45) is 0 Å². The Bertz CT molecular complexity index is 310. The van der Waals surface area contributed by atoms with E-state index in [1.165, 1.54) is 5.56 Å². The number of aryl methyl sites for hydroxylation is 1. The first kappa shape index (κ1) is 10.3. The molecule has 1 rings (SSSR count). The number of rotatable bonds is 3. The molecule has 0 aliphatic rings. The summed E-state index contributed by atoms with van der Waals surface area (Å²) in [4.78, 5) is 4.22. The Hall–Kier alpha value is -0.830. The maximum Gasteiger partial charge on any atom is 0.126 e. The average molecular weight is 241 g/mol. The maximum absolute atomic E-state index is 4.22. The smallest absolute Gasteiger partial charge is 0.126 e. The van der Waals surface area contributed by atoms with E-state index in [1.54, 1.807) is 6.20 Å². The summed E-state index contributed by atoms with van der Waals surface area (Å²) < 4.78 is 1.03. The van der Waals surface area contributed by atoms with Crippen LogP contribution in [0.2, 0.25) is 0 Å². The number of nitrogens with zero attached hydrogens (tertiary/aromatic N) is 1. The van der Waals surface area contributed by atoms with Crippen molar-refractivity contribution in [1.82, 2.24) is 4.98 Å². The minimum absolute atomic E-state index is 0.244. The highest BCUT2D eigenvalue weighted by Gasteiger charge is 2.00. The molecule has 0 spiro atoms. The zero-order valence-electron chi connectivity index (χ0n) is 7.84. The SMILES string of the molecule is C=CC(C)Nc1cc(C)c(Br)cn1. The van der Waals surface area contributed by atoms with Gasteiger partial charge in [-0.2, -0.15) is 0 Å². The van der Waals surface area contributed by atoms with Crippen LogP contribution in [0.1, 0.15) is 12.5 Å². The Morgan fingerprint density at radius 1 is 1.69 bits per heavy atom. The summed E-state index contributed by atoms with van der Waals surface area (Å²) >= 11 is 3.40. The Balaban J connectivity index is 2.79. The van der Waals surface area contributed by atoms with Crippen LogP contribution in [0.5, 0.6) is 0 Å². The first-order valence-electron chi connectivity index (χ1n) is 4.14. The minimum Gasteiger partial charge on any atom is -0.364 e. The van der Waals surface area contributed by atoms with Crippen molar-refractivity contribution in [3.05, 3.63) is 35.0 Å². The summed E-state index contributed by atoms with van der Waals surface area (Å²) in [7, 11) is 0. The second kappa shape index (κ2) is 4.42. The van der Waals surface area contributed by atoms with Gasteiger partial charge in [0.2, 0.25) is 0 Å². The van der Waals surface area contributed by atoms with Crippen LogP contribution in [0.3, 0.4) is 0 Å². The topological polar surface area (TPSA) is 24.9 Å². The van der Waals surface area contributed by atoms with E-state index in [2.05, 4.69) is 32.8 Å². The van der Waals surface area contributed by atoms with Crippen LogP contribution in [0.4, 0.5) is 5.82 Å². The van der Waals surface area contributed by atoms with Crippen LogP contribution < -0.4 is 5.32 Å². The summed E-state index contributed by atoms with van der Waals surface area (Å²) in [5.41, 5.74) is 1.17. The molecule has 1 atom stereocenters. The van der Waals surface area contributed by atoms with Gasteiger partial charge in [-0.3, -0.25) is 0 Å². The number of hydrogen-bond acceptors (Lipinski definition) is 2. The number of pyridine rings is 1. The fraction of sp³-hybridized carbons (Fsp3) is 0.300. The molecule has 1 aromatic rings. The van der Waals surface area contributed by atoms with E-state index < -0.39 is 0 Å². The van der Waals surface area contributed by atoms with Gasteiger partial charge in [0, 0.05) is 16.7 Å². The Kier molecular flexibility index (Phi) is 3.48. The van der Waals surface area contributed by atoms with Crippen molar-refractivity contribution >= 4 is 21.7 Å². The van der Waals surface area contributed by atoms with Crippen LogP contribution in [-0.4, -0.2) is 11.0 Å². The van der Waals surface area contributed by atoms with E-state index in [9.17, 15) is 0 Å². The standard InChI is InChI=1S/C10H13BrN2/c1-4-8(3)13-10-5-7(2)9(11)6-12-10/h4-6,8H,1H2,2-3H3,(H,12,13). The third kappa shape index (κ3) is 2.84. The minimum atomic E-state index is 0.244. The van der Waals surface area contributed by atoms with Gasteiger partial charge in [-0.1, -0.05) is 6.08 Å². The predicted octanol–water partition coefficient (Wildman–Crippen LogP) is 3.14. The highest BCUT2D eigenvalue weighted by Crippen LogP contribution is 2.17. The lowest BCUT2D eigenvalue weighted by molar-refractivity contribution is 0.981. The molecule has 1 aromatic heterocycles. The second-order valence-corrected chi connectivity index (χ2v) is 3.84. The van der Waals surface area contributed by atoms with E-state index in [0.29, 0.717) is 0 Å². The molecule has 1 unspecified atom stereocenters. The molecule has 13 heavy (non-hydrogen) atoms. The van der Waals surface area contributed by atoms with Gasteiger partial charge in [-0.15, -0.1) is 6.58 Å². The predicted molar refractivity (Wildman–Crippen MR) is 60.0 cm³/mol. The number of hydrogen-bond donors (Lipinski definition) is 1. The number of anilines is 1. The van der Waals surface area contributed by atoms with Crippen molar-refractivity contribution in [3.8, 4) is 0 Å². The lowest BCUT2D eigenvalue weighted by Crippen LogP contribution is -2.12. The summed E-state index contributed by atoms with van der Waals surface area (Å²) in [5.74, 6) is 0.883. The molecule has 3 heteroatoms. The molecule has 0 radical (unpaired) electrons. The number of halogens is 1. The van der Waals surface area contributed by atoms with Crippen molar-refractivity contribution in [2.75, 3.05) is 5.32 Å². The molecule has 2 nitrogen and oxygen atoms in total. The quantitative estimate of drug-likeness (QED) is 0.822. The van der Waals surface area contributed by atoms with E-state index in [1.807, 2.05) is 26.0 Å². The van der Waals surface area contributed by atoms with E-state index in [0.717, 1.165) is 10.3 Å². The van der Waals surface area contributed by atoms with Gasteiger partial charge in [0.15, 0.2) is 0 Å². The molecule has 70 valence electrons. The molecular weight excluding hydrogens is 228 g/mol. The Morgan fingerprint density at radius 2 is 2.38 bits per heavy atom. The van der Waals surface area contributed by atoms with Gasteiger partial charge in [-0.25, -0.2) is 4.98 Å². The second-order valence-electron chi connectivity index (χ2n) is 2.99. The summed E-state index contributed by atoms with van der Waals surface area (Å²) in [6.45, 7) is 7.77. The third-order valence-corrected chi connectivity index (χ3v) is 2.61. The highest BCUT2D eigenvalue weighted by molar-refractivity contribution is 9.10. The summed E-state index contributed by atoms with van der Waals surface area (Å²) in [5, 5.41) is 3.21. The molecule has 0 fully saturated rings. The molecule has 0 bridgehead atoms. The molecular formula is C10H13BrN2. The van der Waals surface area contributed by atoms with Gasteiger partial charge in [0.25, 0.3) is 0 Å². The lowest BCUT2D eigenvalue weighted by Gasteiger charge is -2.10. The Morgan fingerprint density at radius 3 is 2.92 bits per heavy atom. The number of nitrogens with one attached hydrogen (secondary N) is 1. The monoisotopic (exact) mass is 240 g/mol. The zero-order valence-corrected chi connectivity index (χ0v) is 9.43. The van der Waals surface area contributed by atoms with Gasteiger partial charge in [0.05, 0.1) is 0 Å². The fourth-order valence-corrected chi connectivity index (χ4v) is 1.13. The fourth-order valence-electron chi connectivity index (χ4n) is 0.910. The van der Waals surface area contributed by atoms with Gasteiger partial charge in [-0.05, 0) is 41.4 Å². The molecule has 1 heterocycles. The van der Waals surface area contributed by atoms with Crippen molar-refractivity contribution < 1.29 is 0 Å². The molecule has 0 amide bonds. The Labute approximate surface area is 87.2 Å². The van der Waals surface area contributed by atoms with Gasteiger partial charge >= 0.3 is 0 Å². The van der Waals surface area contributed by atoms with Crippen LogP contribution >= 0.6 is 15.9 Å². The molecule has 0 aliphatic carbocycles. The molecule has 0 aromatic carbocycles. The van der Waals surface area contributed by atoms with Crippen LogP contribution in [-0.2, 0) is 0 Å². The first-order chi connectivity index (χ1) is 6.13. The van der Waals surface area contributed by atoms with Crippen molar-refractivity contribution in [3.63, 3.8) is 0 Å². The normalized spacial score (nSPS) is 12.2. The zero-order chi connectivity index (χ0) is 9.84. The van der Waals surface area contributed by atoms with Crippen LogP contribution in [0, 0.1) is 6.92 Å². The molecule has 1 N–H and O–H groups in total. The van der Waals surface area contributed by atoms with Gasteiger partial charge in [0.1, 0.15) is 5.82 Å². The number of aromatic nitrogens is 1. The van der Waals surface area contributed by atoms with Crippen molar-refractivity contribution in [2.45, 2.75) is 19.9 Å². The van der Waals surface area contributed by atoms with Gasteiger partial charge < -0.3 is 5.32 Å². The summed E-state index contributed by atoms with van der Waals surface area (Å²) in [6.07, 6.45) is 3.65. The molecule has 0 saturated carbocycles. The summed E-state index contributed by atoms with van der Waals surface area (Å²) in [6, 6.07) is 2.25. The molecule has 0 aliphatic heterocycles. The van der Waals surface area contributed by atoms with E-state index in [-0.39, 0.29) is 6.04 Å². The van der Waals surface area contributed by atoms with Crippen LogP contribution in [0.25, 0.3) is 0 Å². The van der Waals surface area contributed by atoms with Crippen molar-refractivity contribution in [1.29, 1.82) is 0 Å². The molecule has 0 saturated heterocycles. The first-order valence-corrected chi connectivity index (χ1v) is 4.94. The largest absolute Gasteiger partial charge is 0.364 e. The van der Waals surface area contributed by atoms with E-state index in [4.69, 9.17) is 0 Å². The highest BCUT2D eigenvalue weighted by atomic mass is 79.9. The van der Waals surface area contributed by atoms with E-state index >= 15 is 0 Å². The average Bonchev–Trinajstić information content (AvgIpc) is 2.11. The van der Waals surface area contributed by atoms with Crippen LogP contribution in [0.15, 0.2) is 29.4 Å².